The lowest BCUT2D eigenvalue weighted by Gasteiger charge is -2.32. The molecular formula is C22H27N3O4. The first-order valence-corrected chi connectivity index (χ1v) is 9.79. The molecule has 154 valence electrons. The summed E-state index contributed by atoms with van der Waals surface area (Å²) in [5.74, 6) is 4.09. The molecule has 0 aromatic heterocycles. The molecule has 2 aromatic carbocycles. The van der Waals surface area contributed by atoms with Crippen LogP contribution in [0.1, 0.15) is 16.7 Å². The van der Waals surface area contributed by atoms with Gasteiger partial charge in [0.1, 0.15) is 0 Å². The van der Waals surface area contributed by atoms with E-state index in [-0.39, 0.29) is 0 Å². The van der Waals surface area contributed by atoms with Gasteiger partial charge in [-0.15, -0.1) is 0 Å². The average Bonchev–Trinajstić information content (AvgIpc) is 3.23. The Morgan fingerprint density at radius 1 is 1.07 bits per heavy atom. The third-order valence-electron chi connectivity index (χ3n) is 5.36. The lowest BCUT2D eigenvalue weighted by molar-refractivity contribution is 0.174. The number of guanidine groups is 1. The van der Waals surface area contributed by atoms with Gasteiger partial charge in [0.25, 0.3) is 0 Å². The maximum absolute atomic E-state index is 5.46. The van der Waals surface area contributed by atoms with Crippen LogP contribution in [-0.2, 0) is 19.4 Å². The van der Waals surface area contributed by atoms with Gasteiger partial charge in [-0.05, 0) is 53.8 Å². The Labute approximate surface area is 171 Å². The standard InChI is InChI=1S/C22H27N3O4/c1-23-22(24-8-6-15-4-5-18-21(10-15)29-14-28-18)25-9-7-16-11-19(26-2)20(27-3)12-17(16)13-25/h4-5,10-12H,6-9,13-14H2,1-3H3,(H,23,24). The summed E-state index contributed by atoms with van der Waals surface area (Å²) in [5, 5.41) is 3.49. The summed E-state index contributed by atoms with van der Waals surface area (Å²) in [5.41, 5.74) is 3.75. The van der Waals surface area contributed by atoms with Crippen LogP contribution >= 0.6 is 0 Å². The van der Waals surface area contributed by atoms with Gasteiger partial charge in [0.15, 0.2) is 29.0 Å². The Morgan fingerprint density at radius 2 is 1.83 bits per heavy atom. The van der Waals surface area contributed by atoms with Crippen LogP contribution in [0.4, 0.5) is 0 Å². The van der Waals surface area contributed by atoms with E-state index in [1.165, 1.54) is 16.7 Å². The van der Waals surface area contributed by atoms with E-state index in [4.69, 9.17) is 18.9 Å². The van der Waals surface area contributed by atoms with Gasteiger partial charge in [0.05, 0.1) is 14.2 Å². The van der Waals surface area contributed by atoms with Gasteiger partial charge in [-0.2, -0.15) is 0 Å². The quantitative estimate of drug-likeness (QED) is 0.618. The largest absolute Gasteiger partial charge is 0.493 e. The Balaban J connectivity index is 1.38. The summed E-state index contributed by atoms with van der Waals surface area (Å²) in [7, 11) is 5.17. The average molecular weight is 397 g/mol. The second kappa shape index (κ2) is 8.51. The van der Waals surface area contributed by atoms with Crippen LogP contribution in [0.5, 0.6) is 23.0 Å². The Kier molecular flexibility index (Phi) is 5.64. The van der Waals surface area contributed by atoms with Crippen molar-refractivity contribution in [2.24, 2.45) is 4.99 Å². The molecule has 7 nitrogen and oxygen atoms in total. The van der Waals surface area contributed by atoms with Crippen LogP contribution in [0.15, 0.2) is 35.3 Å². The number of nitrogens with one attached hydrogen (secondary N) is 1. The number of benzene rings is 2. The topological polar surface area (TPSA) is 64.6 Å². The number of ether oxygens (including phenoxy) is 4. The summed E-state index contributed by atoms with van der Waals surface area (Å²) in [6.45, 7) is 2.80. The normalized spacial score (nSPS) is 15.1. The van der Waals surface area contributed by atoms with Gasteiger partial charge in [0, 0.05) is 26.7 Å². The molecule has 4 rings (SSSR count). The zero-order chi connectivity index (χ0) is 20.2. The molecule has 2 aromatic rings. The highest BCUT2D eigenvalue weighted by Crippen LogP contribution is 2.34. The molecule has 1 N–H and O–H groups in total. The lowest BCUT2D eigenvalue weighted by atomic mass is 9.99. The molecule has 2 aliphatic rings. The summed E-state index contributed by atoms with van der Waals surface area (Å²) >= 11 is 0. The maximum atomic E-state index is 5.46. The SMILES string of the molecule is CN=C(NCCc1ccc2c(c1)OCO2)N1CCc2cc(OC)c(OC)cc2C1. The second-order valence-electron chi connectivity index (χ2n) is 7.06. The van der Waals surface area contributed by atoms with Crippen LogP contribution in [-0.4, -0.2) is 52.0 Å². The molecule has 2 aliphatic heterocycles. The predicted molar refractivity (Wildman–Crippen MR) is 111 cm³/mol. The fourth-order valence-corrected chi connectivity index (χ4v) is 3.81. The Bertz CT molecular complexity index is 913. The fraction of sp³-hybridized carbons (Fsp3) is 0.409. The summed E-state index contributed by atoms with van der Waals surface area (Å²) < 4.78 is 21.7. The molecule has 0 aliphatic carbocycles. The first kappa shape index (κ1) is 19.2. The highest BCUT2D eigenvalue weighted by molar-refractivity contribution is 5.80. The molecule has 29 heavy (non-hydrogen) atoms. The monoisotopic (exact) mass is 397 g/mol. The van der Waals surface area contributed by atoms with Crippen molar-refractivity contribution in [3.05, 3.63) is 47.0 Å². The number of methoxy groups -OCH3 is 2. The highest BCUT2D eigenvalue weighted by Gasteiger charge is 2.21. The molecule has 0 fully saturated rings. The van der Waals surface area contributed by atoms with Gasteiger partial charge in [-0.1, -0.05) is 6.07 Å². The van der Waals surface area contributed by atoms with E-state index in [0.717, 1.165) is 61.4 Å². The third kappa shape index (κ3) is 4.04. The van der Waals surface area contributed by atoms with Crippen molar-refractivity contribution < 1.29 is 18.9 Å². The molecule has 0 saturated heterocycles. The molecule has 0 amide bonds. The molecule has 7 heteroatoms. The molecule has 0 bridgehead atoms. The fourth-order valence-electron chi connectivity index (χ4n) is 3.81. The maximum Gasteiger partial charge on any atom is 0.231 e. The van der Waals surface area contributed by atoms with E-state index < -0.39 is 0 Å². The molecular weight excluding hydrogens is 370 g/mol. The van der Waals surface area contributed by atoms with Gasteiger partial charge < -0.3 is 29.2 Å². The smallest absolute Gasteiger partial charge is 0.231 e. The first-order chi connectivity index (χ1) is 14.2. The zero-order valence-corrected chi connectivity index (χ0v) is 17.2. The number of nitrogens with zero attached hydrogens (tertiary/aromatic N) is 2. The highest BCUT2D eigenvalue weighted by atomic mass is 16.7. The van der Waals surface area contributed by atoms with Gasteiger partial charge >= 0.3 is 0 Å². The molecule has 2 heterocycles. The molecule has 0 radical (unpaired) electrons. The van der Waals surface area contributed by atoms with Crippen molar-refractivity contribution in [1.82, 2.24) is 10.2 Å². The van der Waals surface area contributed by atoms with Crippen LogP contribution in [0.2, 0.25) is 0 Å². The zero-order valence-electron chi connectivity index (χ0n) is 17.2. The van der Waals surface area contributed by atoms with E-state index in [9.17, 15) is 0 Å². The lowest BCUT2D eigenvalue weighted by Crippen LogP contribution is -2.44. The number of rotatable bonds is 5. The summed E-state index contributed by atoms with van der Waals surface area (Å²) in [6, 6.07) is 10.2. The Hall–Kier alpha value is -3.09. The minimum atomic E-state index is 0.302. The van der Waals surface area contributed by atoms with E-state index in [1.807, 2.05) is 19.2 Å². The van der Waals surface area contributed by atoms with Crippen molar-refractivity contribution in [1.29, 1.82) is 0 Å². The van der Waals surface area contributed by atoms with Crippen molar-refractivity contribution in [3.63, 3.8) is 0 Å². The van der Waals surface area contributed by atoms with Crippen molar-refractivity contribution in [3.8, 4) is 23.0 Å². The van der Waals surface area contributed by atoms with E-state index in [0.29, 0.717) is 6.79 Å². The van der Waals surface area contributed by atoms with Crippen LogP contribution in [0, 0.1) is 0 Å². The number of aliphatic imine (C=N–C) groups is 1. The number of hydrogen-bond donors (Lipinski definition) is 1. The van der Waals surface area contributed by atoms with E-state index >= 15 is 0 Å². The van der Waals surface area contributed by atoms with Gasteiger partial charge in [-0.25, -0.2) is 0 Å². The van der Waals surface area contributed by atoms with Crippen LogP contribution < -0.4 is 24.3 Å². The minimum Gasteiger partial charge on any atom is -0.493 e. The second-order valence-corrected chi connectivity index (χ2v) is 7.06. The molecule has 0 spiro atoms. The van der Waals surface area contributed by atoms with Crippen molar-refractivity contribution in [2.75, 3.05) is 41.1 Å². The van der Waals surface area contributed by atoms with Crippen molar-refractivity contribution >= 4 is 5.96 Å². The van der Waals surface area contributed by atoms with Crippen LogP contribution in [0.25, 0.3) is 0 Å². The third-order valence-corrected chi connectivity index (χ3v) is 5.36. The molecule has 0 saturated carbocycles. The predicted octanol–water partition coefficient (Wildman–Crippen LogP) is 2.61. The summed E-state index contributed by atoms with van der Waals surface area (Å²) in [4.78, 5) is 6.75. The van der Waals surface area contributed by atoms with Gasteiger partial charge in [0.2, 0.25) is 6.79 Å². The molecule has 0 unspecified atom stereocenters. The van der Waals surface area contributed by atoms with Gasteiger partial charge in [-0.3, -0.25) is 4.99 Å². The minimum absolute atomic E-state index is 0.302. The number of fused-ring (bicyclic) bond motifs is 2. The Morgan fingerprint density at radius 3 is 2.59 bits per heavy atom. The summed E-state index contributed by atoms with van der Waals surface area (Å²) in [6.07, 6.45) is 1.82. The van der Waals surface area contributed by atoms with Crippen LogP contribution in [0.3, 0.4) is 0 Å². The molecule has 0 atom stereocenters. The van der Waals surface area contributed by atoms with E-state index in [2.05, 4.69) is 33.4 Å². The van der Waals surface area contributed by atoms with Crippen molar-refractivity contribution in [2.45, 2.75) is 19.4 Å². The van der Waals surface area contributed by atoms with E-state index in [1.54, 1.807) is 14.2 Å². The first-order valence-electron chi connectivity index (χ1n) is 9.79. The number of hydrogen-bond acceptors (Lipinski definition) is 5.